The van der Waals surface area contributed by atoms with Crippen LogP contribution >= 0.6 is 0 Å². The second kappa shape index (κ2) is 12.3. The van der Waals surface area contributed by atoms with Crippen molar-refractivity contribution < 1.29 is 19.0 Å². The van der Waals surface area contributed by atoms with Gasteiger partial charge in [0.2, 0.25) is 0 Å². The molecule has 0 radical (unpaired) electrons. The topological polar surface area (TPSA) is 88.7 Å². The zero-order valence-electron chi connectivity index (χ0n) is 21.7. The smallest absolute Gasteiger partial charge is 0.303 e. The van der Waals surface area contributed by atoms with Gasteiger partial charge in [0.05, 0.1) is 19.0 Å². The maximum absolute atomic E-state index is 15.9. The van der Waals surface area contributed by atoms with Gasteiger partial charge in [-0.15, -0.1) is 0 Å². The number of nitrogens with two attached hydrogens (primary N) is 1. The van der Waals surface area contributed by atoms with E-state index in [9.17, 15) is 9.90 Å². The molecule has 1 saturated heterocycles. The summed E-state index contributed by atoms with van der Waals surface area (Å²) in [6.07, 6.45) is 11.0. The summed E-state index contributed by atoms with van der Waals surface area (Å²) >= 11 is 0. The molecule has 6 nitrogen and oxygen atoms in total. The molecule has 2 aliphatic rings. The summed E-state index contributed by atoms with van der Waals surface area (Å²) in [4.78, 5) is 18.7. The van der Waals surface area contributed by atoms with Crippen LogP contribution in [0.5, 0.6) is 5.75 Å². The highest BCUT2D eigenvalue weighted by Crippen LogP contribution is 2.43. The number of aromatic nitrogens is 1. The van der Waals surface area contributed by atoms with E-state index in [-0.39, 0.29) is 24.8 Å². The first kappa shape index (κ1) is 26.8. The highest BCUT2D eigenvalue weighted by atomic mass is 19.1. The molecular weight excluding hydrogens is 457 g/mol. The van der Waals surface area contributed by atoms with Crippen LogP contribution in [-0.4, -0.2) is 47.7 Å². The van der Waals surface area contributed by atoms with Crippen molar-refractivity contribution in [2.75, 3.05) is 26.7 Å². The normalized spacial score (nSPS) is 19.9. The van der Waals surface area contributed by atoms with Crippen LogP contribution in [0, 0.1) is 11.3 Å². The number of aliphatic carboxylic acids is 1. The highest BCUT2D eigenvalue weighted by molar-refractivity contribution is 5.85. The summed E-state index contributed by atoms with van der Waals surface area (Å²) in [6, 6.07) is 5.47. The summed E-state index contributed by atoms with van der Waals surface area (Å²) in [5.74, 6) is 0.708. The quantitative estimate of drug-likeness (QED) is 0.393. The lowest BCUT2D eigenvalue weighted by molar-refractivity contribution is -0.141. The largest absolute Gasteiger partial charge is 0.497 e. The van der Waals surface area contributed by atoms with Gasteiger partial charge in [-0.1, -0.05) is 32.1 Å². The molecular formula is C29H42FN3O3. The number of pyridine rings is 1. The maximum atomic E-state index is 15.9. The van der Waals surface area contributed by atoms with Crippen molar-refractivity contribution in [3.05, 3.63) is 35.5 Å². The number of rotatable bonds is 11. The van der Waals surface area contributed by atoms with Crippen molar-refractivity contribution in [2.24, 2.45) is 17.1 Å². The fourth-order valence-electron chi connectivity index (χ4n) is 6.40. The summed E-state index contributed by atoms with van der Waals surface area (Å²) < 4.78 is 21.3. The van der Waals surface area contributed by atoms with E-state index >= 15 is 4.39 Å². The minimum absolute atomic E-state index is 0.102. The lowest BCUT2D eigenvalue weighted by Crippen LogP contribution is -2.42. The molecule has 1 aliphatic heterocycles. The van der Waals surface area contributed by atoms with Crippen LogP contribution in [0.2, 0.25) is 0 Å². The van der Waals surface area contributed by atoms with Crippen molar-refractivity contribution in [1.82, 2.24) is 9.88 Å². The average Bonchev–Trinajstić information content (AvgIpc) is 2.90. The van der Waals surface area contributed by atoms with E-state index in [1.54, 1.807) is 13.3 Å². The molecule has 2 fully saturated rings. The number of hydrogen-bond acceptors (Lipinski definition) is 5. The Kier molecular flexibility index (Phi) is 9.18. The third-order valence-electron chi connectivity index (χ3n) is 8.68. The van der Waals surface area contributed by atoms with Crippen LogP contribution in [0.15, 0.2) is 24.4 Å². The Morgan fingerprint density at radius 3 is 2.69 bits per heavy atom. The van der Waals surface area contributed by atoms with E-state index in [1.165, 1.54) is 38.5 Å². The zero-order valence-corrected chi connectivity index (χ0v) is 21.7. The van der Waals surface area contributed by atoms with Crippen LogP contribution in [0.25, 0.3) is 10.9 Å². The van der Waals surface area contributed by atoms with Crippen molar-refractivity contribution in [1.29, 1.82) is 0 Å². The van der Waals surface area contributed by atoms with E-state index in [4.69, 9.17) is 10.5 Å². The van der Waals surface area contributed by atoms with Gasteiger partial charge in [0, 0.05) is 23.7 Å². The molecule has 7 heteroatoms. The number of piperidine rings is 1. The number of ether oxygens (including phenoxy) is 1. The molecule has 1 aromatic heterocycles. The molecule has 0 bridgehead atoms. The Bertz CT molecular complexity index is 1010. The molecule has 1 aromatic carbocycles. The number of carboxylic acids is 1. The Morgan fingerprint density at radius 2 is 2.03 bits per heavy atom. The van der Waals surface area contributed by atoms with Crippen molar-refractivity contribution in [3.63, 3.8) is 0 Å². The molecule has 2 heterocycles. The lowest BCUT2D eigenvalue weighted by atomic mass is 9.71. The molecule has 0 amide bonds. The summed E-state index contributed by atoms with van der Waals surface area (Å²) in [5, 5.41) is 10.4. The number of methoxy groups -OCH3 is 1. The Balaban J connectivity index is 1.43. The van der Waals surface area contributed by atoms with Gasteiger partial charge >= 0.3 is 5.97 Å². The van der Waals surface area contributed by atoms with E-state index in [0.717, 1.165) is 43.8 Å². The number of likely N-dealkylation sites (tertiary alicyclic amines) is 1. The number of carboxylic acid groups (broad SMARTS) is 1. The molecule has 36 heavy (non-hydrogen) atoms. The van der Waals surface area contributed by atoms with Gasteiger partial charge in [0.1, 0.15) is 11.9 Å². The molecule has 1 saturated carbocycles. The third-order valence-corrected chi connectivity index (χ3v) is 8.68. The van der Waals surface area contributed by atoms with Gasteiger partial charge in [-0.2, -0.15) is 0 Å². The van der Waals surface area contributed by atoms with Crippen LogP contribution in [0.4, 0.5) is 4.39 Å². The van der Waals surface area contributed by atoms with Crippen molar-refractivity contribution in [3.8, 4) is 5.75 Å². The van der Waals surface area contributed by atoms with E-state index in [0.29, 0.717) is 28.8 Å². The van der Waals surface area contributed by atoms with Gasteiger partial charge < -0.3 is 20.5 Å². The van der Waals surface area contributed by atoms with Gasteiger partial charge in [0.25, 0.3) is 0 Å². The van der Waals surface area contributed by atoms with Gasteiger partial charge in [0.15, 0.2) is 0 Å². The number of halogens is 1. The van der Waals surface area contributed by atoms with Crippen molar-refractivity contribution >= 4 is 16.9 Å². The Labute approximate surface area is 214 Å². The first-order chi connectivity index (χ1) is 17.4. The molecule has 2 aromatic rings. The molecule has 0 spiro atoms. The maximum Gasteiger partial charge on any atom is 0.303 e. The predicted molar refractivity (Wildman–Crippen MR) is 141 cm³/mol. The number of benzene rings is 1. The number of hydrogen-bond donors (Lipinski definition) is 2. The Hall–Kier alpha value is -2.25. The fraction of sp³-hybridized carbons (Fsp3) is 0.655. The van der Waals surface area contributed by atoms with Gasteiger partial charge in [-0.05, 0) is 86.8 Å². The van der Waals surface area contributed by atoms with E-state index in [1.807, 2.05) is 18.2 Å². The minimum atomic E-state index is -1.24. The molecule has 0 unspecified atom stereocenters. The average molecular weight is 500 g/mol. The monoisotopic (exact) mass is 499 g/mol. The molecule has 1 atom stereocenters. The third kappa shape index (κ3) is 6.54. The second-order valence-corrected chi connectivity index (χ2v) is 11.0. The van der Waals surface area contributed by atoms with Crippen LogP contribution < -0.4 is 10.5 Å². The summed E-state index contributed by atoms with van der Waals surface area (Å²) in [7, 11) is 1.59. The van der Waals surface area contributed by atoms with E-state index < -0.39 is 12.1 Å². The zero-order chi connectivity index (χ0) is 25.5. The fourth-order valence-corrected chi connectivity index (χ4v) is 6.40. The highest BCUT2D eigenvalue weighted by Gasteiger charge is 2.37. The Morgan fingerprint density at radius 1 is 1.28 bits per heavy atom. The predicted octanol–water partition coefficient (Wildman–Crippen LogP) is 6.02. The van der Waals surface area contributed by atoms with E-state index in [2.05, 4.69) is 9.88 Å². The van der Waals surface area contributed by atoms with Crippen LogP contribution in [0.1, 0.15) is 87.9 Å². The molecule has 3 N–H and O–H groups in total. The van der Waals surface area contributed by atoms with Crippen LogP contribution in [-0.2, 0) is 11.3 Å². The number of fused-ring (bicyclic) bond motifs is 1. The minimum Gasteiger partial charge on any atom is -0.497 e. The molecule has 4 rings (SSSR count). The first-order valence-corrected chi connectivity index (χ1v) is 13.7. The lowest BCUT2D eigenvalue weighted by Gasteiger charge is -2.42. The standard InChI is InChI=1S/C29H42FN3O3/c1-36-23-7-8-26-24(17-23)28(22(19-31)20-32-26)25(30)9-11-29(18-27(34)35)12-15-33(16-13-29)14-10-21-5-3-2-4-6-21/h7-8,17,20-21,25H,2-6,9-16,18-19,31H2,1H3,(H,34,35)/t25-/m0/s1. The van der Waals surface area contributed by atoms with Gasteiger partial charge in [-0.3, -0.25) is 9.78 Å². The summed E-state index contributed by atoms with van der Waals surface area (Å²) in [6.45, 7) is 3.11. The molecule has 198 valence electrons. The number of nitrogens with zero attached hydrogens (tertiary/aromatic N) is 2. The SMILES string of the molecule is COc1ccc2ncc(CN)c([C@@H](F)CCC3(CC(=O)O)CCN(CCC4CCCCC4)CC3)c2c1. The number of carbonyl (C=O) groups is 1. The summed E-state index contributed by atoms with van der Waals surface area (Å²) in [5.41, 5.74) is 7.56. The number of alkyl halides is 1. The second-order valence-electron chi connectivity index (χ2n) is 11.0. The molecule has 1 aliphatic carbocycles. The first-order valence-electron chi connectivity index (χ1n) is 13.7. The van der Waals surface area contributed by atoms with Crippen molar-refractivity contribution in [2.45, 2.75) is 83.3 Å². The van der Waals surface area contributed by atoms with Crippen LogP contribution in [0.3, 0.4) is 0 Å². The van der Waals surface area contributed by atoms with Gasteiger partial charge in [-0.25, -0.2) is 4.39 Å².